The lowest BCUT2D eigenvalue weighted by Crippen LogP contribution is -2.00. The van der Waals surface area contributed by atoms with Crippen molar-refractivity contribution >= 4 is 22.1 Å². The van der Waals surface area contributed by atoms with Crippen LogP contribution in [0.3, 0.4) is 0 Å². The molecule has 0 bridgehead atoms. The first-order chi connectivity index (χ1) is 18.7. The Kier molecular flexibility index (Phi) is 4.97. The van der Waals surface area contributed by atoms with Crippen LogP contribution in [0.1, 0.15) is 0 Å². The number of rotatable bonds is 4. The molecule has 7 rings (SSSR count). The zero-order chi connectivity index (χ0) is 25.6. The maximum Gasteiger partial charge on any atom is 0.145 e. The molecule has 0 spiro atoms. The molecule has 0 aliphatic carbocycles. The summed E-state index contributed by atoms with van der Waals surface area (Å²) in [6.45, 7) is 0. The number of imidazole rings is 2. The van der Waals surface area contributed by atoms with Crippen LogP contribution in [0.4, 0.5) is 0 Å². The van der Waals surface area contributed by atoms with E-state index in [1.165, 1.54) is 0 Å². The fourth-order valence-electron chi connectivity index (χ4n) is 4.93. The Morgan fingerprint density at radius 3 is 1.18 bits per heavy atom. The first-order valence-electron chi connectivity index (χ1n) is 12.3. The Hall–Kier alpha value is -5.36. The molecule has 5 aromatic carbocycles. The van der Waals surface area contributed by atoms with Crippen molar-refractivity contribution < 1.29 is 10.2 Å². The molecule has 2 heterocycles. The Bertz CT molecular complexity index is 1770. The highest BCUT2D eigenvalue weighted by Crippen LogP contribution is 2.32. The highest BCUT2D eigenvalue weighted by Gasteiger charge is 2.17. The molecule has 2 aromatic heterocycles. The Balaban J connectivity index is 1.39. The van der Waals surface area contributed by atoms with Gasteiger partial charge in [0.1, 0.15) is 23.1 Å². The topological polar surface area (TPSA) is 76.1 Å². The molecule has 2 N–H and O–H groups in total. The highest BCUT2D eigenvalue weighted by atomic mass is 16.3. The van der Waals surface area contributed by atoms with Gasteiger partial charge in [0, 0.05) is 22.5 Å². The molecule has 0 amide bonds. The standard InChI is InChI=1S/C32H22N4O2/c37-25-17-9-21(10-18-25)31-33-27-5-1-3-7-29(27)35(31)23-13-15-24(16-14-23)36-30-8-4-2-6-28(30)34-32(36)22-11-19-26(38)20-12-22/h1-20,37-38H. The van der Waals surface area contributed by atoms with Gasteiger partial charge in [-0.25, -0.2) is 9.97 Å². The van der Waals surface area contributed by atoms with Gasteiger partial charge in [-0.3, -0.25) is 9.13 Å². The molecule has 0 unspecified atom stereocenters. The second-order valence-corrected chi connectivity index (χ2v) is 9.13. The molecule has 0 fully saturated rings. The van der Waals surface area contributed by atoms with Crippen molar-refractivity contribution in [2.24, 2.45) is 0 Å². The molecule has 6 heteroatoms. The Morgan fingerprint density at radius 2 is 0.789 bits per heavy atom. The van der Waals surface area contributed by atoms with Crippen molar-refractivity contribution in [1.29, 1.82) is 0 Å². The lowest BCUT2D eigenvalue weighted by Gasteiger charge is -2.13. The number of aromatic nitrogens is 4. The number of phenols is 2. The van der Waals surface area contributed by atoms with Crippen LogP contribution in [0.15, 0.2) is 121 Å². The minimum Gasteiger partial charge on any atom is -0.508 e. The van der Waals surface area contributed by atoms with E-state index in [2.05, 4.69) is 45.5 Å². The van der Waals surface area contributed by atoms with Gasteiger partial charge < -0.3 is 10.2 Å². The Morgan fingerprint density at radius 1 is 0.421 bits per heavy atom. The number of nitrogens with zero attached hydrogens (tertiary/aromatic N) is 4. The van der Waals surface area contributed by atoms with Crippen molar-refractivity contribution in [3.63, 3.8) is 0 Å². The molecule has 0 saturated heterocycles. The van der Waals surface area contributed by atoms with Crippen molar-refractivity contribution in [3.8, 4) is 45.6 Å². The summed E-state index contributed by atoms with van der Waals surface area (Å²) in [5, 5.41) is 19.6. The number of hydrogen-bond acceptors (Lipinski definition) is 4. The third-order valence-corrected chi connectivity index (χ3v) is 6.74. The average Bonchev–Trinajstić information content (AvgIpc) is 3.53. The highest BCUT2D eigenvalue weighted by molar-refractivity contribution is 5.85. The van der Waals surface area contributed by atoms with E-state index < -0.39 is 0 Å². The summed E-state index contributed by atoms with van der Waals surface area (Å²) in [6.07, 6.45) is 0. The largest absolute Gasteiger partial charge is 0.508 e. The first kappa shape index (κ1) is 21.9. The molecule has 0 radical (unpaired) electrons. The maximum atomic E-state index is 9.80. The second kappa shape index (κ2) is 8.64. The van der Waals surface area contributed by atoms with E-state index in [1.807, 2.05) is 60.7 Å². The van der Waals surface area contributed by atoms with Crippen LogP contribution in [0.25, 0.3) is 56.2 Å². The number of benzene rings is 5. The van der Waals surface area contributed by atoms with Crippen molar-refractivity contribution in [3.05, 3.63) is 121 Å². The minimum atomic E-state index is 0.220. The number of hydrogen-bond donors (Lipinski definition) is 2. The molecular formula is C32H22N4O2. The molecule has 6 nitrogen and oxygen atoms in total. The van der Waals surface area contributed by atoms with Crippen LogP contribution in [-0.4, -0.2) is 29.3 Å². The third-order valence-electron chi connectivity index (χ3n) is 6.74. The predicted molar refractivity (Wildman–Crippen MR) is 150 cm³/mol. The summed E-state index contributed by atoms with van der Waals surface area (Å²) in [6, 6.07) is 38.7. The van der Waals surface area contributed by atoms with Gasteiger partial charge >= 0.3 is 0 Å². The lowest BCUT2D eigenvalue weighted by molar-refractivity contribution is 0.475. The van der Waals surface area contributed by atoms with Crippen molar-refractivity contribution in [1.82, 2.24) is 19.1 Å². The van der Waals surface area contributed by atoms with Gasteiger partial charge in [0.05, 0.1) is 22.1 Å². The van der Waals surface area contributed by atoms with E-state index in [-0.39, 0.29) is 11.5 Å². The number of para-hydroxylation sites is 4. The summed E-state index contributed by atoms with van der Waals surface area (Å²) in [7, 11) is 0. The van der Waals surface area contributed by atoms with Crippen LogP contribution in [0.5, 0.6) is 11.5 Å². The molecule has 38 heavy (non-hydrogen) atoms. The Labute approximate surface area is 218 Å². The average molecular weight is 495 g/mol. The normalized spacial score (nSPS) is 11.4. The molecule has 182 valence electrons. The van der Waals surface area contributed by atoms with E-state index in [9.17, 15) is 10.2 Å². The molecule has 7 aromatic rings. The van der Waals surface area contributed by atoms with E-state index in [4.69, 9.17) is 9.97 Å². The number of phenolic OH excluding ortho intramolecular Hbond substituents is 2. The lowest BCUT2D eigenvalue weighted by atomic mass is 10.2. The van der Waals surface area contributed by atoms with Crippen LogP contribution >= 0.6 is 0 Å². The van der Waals surface area contributed by atoms with Gasteiger partial charge in [0.2, 0.25) is 0 Å². The number of aromatic hydroxyl groups is 2. The summed E-state index contributed by atoms with van der Waals surface area (Å²) < 4.78 is 4.27. The summed E-state index contributed by atoms with van der Waals surface area (Å²) >= 11 is 0. The van der Waals surface area contributed by atoms with Crippen molar-refractivity contribution in [2.75, 3.05) is 0 Å². The van der Waals surface area contributed by atoms with Gasteiger partial charge in [-0.05, 0) is 97.1 Å². The van der Waals surface area contributed by atoms with Crippen LogP contribution in [-0.2, 0) is 0 Å². The quantitative estimate of drug-likeness (QED) is 0.273. The molecule has 0 atom stereocenters. The fraction of sp³-hybridized carbons (Fsp3) is 0. The maximum absolute atomic E-state index is 9.80. The van der Waals surface area contributed by atoms with Gasteiger partial charge in [0.25, 0.3) is 0 Å². The van der Waals surface area contributed by atoms with E-state index >= 15 is 0 Å². The molecular weight excluding hydrogens is 472 g/mol. The van der Waals surface area contributed by atoms with Crippen LogP contribution < -0.4 is 0 Å². The molecule has 0 aliphatic rings. The molecule has 0 saturated carbocycles. The van der Waals surface area contributed by atoms with Crippen LogP contribution in [0, 0.1) is 0 Å². The predicted octanol–water partition coefficient (Wildman–Crippen LogP) is 7.11. The van der Waals surface area contributed by atoms with Gasteiger partial charge in [-0.15, -0.1) is 0 Å². The summed E-state index contributed by atoms with van der Waals surface area (Å²) in [5.74, 6) is 2.05. The van der Waals surface area contributed by atoms with Crippen LogP contribution in [0.2, 0.25) is 0 Å². The SMILES string of the molecule is Oc1ccc(-c2nc3ccccc3n2-c2ccc(-n3c(-c4ccc(O)cc4)nc4ccccc43)cc2)cc1. The first-order valence-corrected chi connectivity index (χ1v) is 12.3. The van der Waals surface area contributed by atoms with E-state index in [0.717, 1.165) is 56.2 Å². The zero-order valence-corrected chi connectivity index (χ0v) is 20.2. The summed E-state index contributed by atoms with van der Waals surface area (Å²) in [5.41, 5.74) is 7.57. The van der Waals surface area contributed by atoms with E-state index in [1.54, 1.807) is 24.3 Å². The van der Waals surface area contributed by atoms with Crippen molar-refractivity contribution in [2.45, 2.75) is 0 Å². The minimum absolute atomic E-state index is 0.220. The van der Waals surface area contributed by atoms with Gasteiger partial charge in [-0.1, -0.05) is 24.3 Å². The van der Waals surface area contributed by atoms with Gasteiger partial charge in [-0.2, -0.15) is 0 Å². The smallest absolute Gasteiger partial charge is 0.145 e. The monoisotopic (exact) mass is 494 g/mol. The third kappa shape index (κ3) is 3.59. The van der Waals surface area contributed by atoms with Gasteiger partial charge in [0.15, 0.2) is 0 Å². The second-order valence-electron chi connectivity index (χ2n) is 9.13. The zero-order valence-electron chi connectivity index (χ0n) is 20.2. The number of fused-ring (bicyclic) bond motifs is 2. The molecule has 0 aliphatic heterocycles. The summed E-state index contributed by atoms with van der Waals surface area (Å²) in [4.78, 5) is 9.82. The fourth-order valence-corrected chi connectivity index (χ4v) is 4.93. The van der Waals surface area contributed by atoms with E-state index in [0.29, 0.717) is 0 Å².